The van der Waals surface area contributed by atoms with Gasteiger partial charge in [-0.15, -0.1) is 0 Å². The molecule has 0 atom stereocenters. The van der Waals surface area contributed by atoms with Crippen LogP contribution in [-0.2, 0) is 14.3 Å². The first-order valence-electron chi connectivity index (χ1n) is 13.9. The maximum Gasteiger partial charge on any atom is 0.420 e. The molecule has 2 N–H and O–H groups in total. The van der Waals surface area contributed by atoms with Gasteiger partial charge in [-0.25, -0.2) is 14.3 Å². The van der Waals surface area contributed by atoms with E-state index in [2.05, 4.69) is 36.4 Å². The normalized spacial score (nSPS) is 17.5. The topological polar surface area (TPSA) is 96.4 Å². The first kappa shape index (κ1) is 27.4. The van der Waals surface area contributed by atoms with Crippen LogP contribution in [0, 0.1) is 5.92 Å². The molecule has 1 aliphatic rings. The number of fused-ring (bicyclic) bond motifs is 1. The number of aromatic nitrogens is 2. The average Bonchev–Trinajstić information content (AvgIpc) is 3.31. The van der Waals surface area contributed by atoms with Crippen LogP contribution >= 0.6 is 0 Å². The molecule has 7 heteroatoms. The lowest BCUT2D eigenvalue weighted by Gasteiger charge is -2.28. The highest BCUT2D eigenvalue weighted by Crippen LogP contribution is 2.38. The lowest BCUT2D eigenvalue weighted by Crippen LogP contribution is -2.27. The number of carbonyl (C=O) groups excluding carboxylic acids is 2. The van der Waals surface area contributed by atoms with Crippen LogP contribution in [0.15, 0.2) is 66.7 Å². The Hall–Kier alpha value is -4.13. The molecule has 3 aromatic carbocycles. The minimum Gasteiger partial charge on any atom is -0.469 e. The number of rotatable bonds is 5. The van der Waals surface area contributed by atoms with E-state index in [0.717, 1.165) is 42.4 Å². The third-order valence-corrected chi connectivity index (χ3v) is 7.64. The van der Waals surface area contributed by atoms with E-state index < -0.39 is 11.7 Å². The van der Waals surface area contributed by atoms with Crippen molar-refractivity contribution in [3.05, 3.63) is 72.3 Å². The molecule has 5 rings (SSSR count). The second-order valence-corrected chi connectivity index (χ2v) is 11.7. The molecule has 0 unspecified atom stereocenters. The van der Waals surface area contributed by atoms with Gasteiger partial charge in [0.1, 0.15) is 5.60 Å². The number of carbonyl (C=O) groups is 2. The third kappa shape index (κ3) is 6.03. The molecular weight excluding hydrogens is 502 g/mol. The number of hydrogen-bond donors (Lipinski definition) is 1. The first-order valence-corrected chi connectivity index (χ1v) is 13.9. The van der Waals surface area contributed by atoms with E-state index in [0.29, 0.717) is 40.8 Å². The SMILES string of the molecule is COC(=O)CC1CCC(c2ccc(-c3ccc(-c4nc5ccc(N)cc5n4C(=O)OC(C)(C)C)cc3)cc2)CC1. The van der Waals surface area contributed by atoms with Crippen molar-refractivity contribution in [2.24, 2.45) is 5.92 Å². The fourth-order valence-corrected chi connectivity index (χ4v) is 5.56. The Bertz CT molecular complexity index is 1510. The molecule has 0 bridgehead atoms. The number of nitrogens with two attached hydrogens (primary N) is 1. The van der Waals surface area contributed by atoms with Gasteiger partial charge in [-0.2, -0.15) is 0 Å². The van der Waals surface area contributed by atoms with Gasteiger partial charge in [0, 0.05) is 17.7 Å². The second kappa shape index (κ2) is 11.2. The van der Waals surface area contributed by atoms with E-state index in [4.69, 9.17) is 20.2 Å². The van der Waals surface area contributed by atoms with Gasteiger partial charge in [-0.1, -0.05) is 48.5 Å². The van der Waals surface area contributed by atoms with Crippen LogP contribution in [0.5, 0.6) is 0 Å². The highest BCUT2D eigenvalue weighted by atomic mass is 16.6. The summed E-state index contributed by atoms with van der Waals surface area (Å²) in [5, 5.41) is 0. The summed E-state index contributed by atoms with van der Waals surface area (Å²) in [6.07, 6.45) is 4.35. The maximum atomic E-state index is 13.2. The molecule has 1 heterocycles. The summed E-state index contributed by atoms with van der Waals surface area (Å²) in [7, 11) is 1.46. The van der Waals surface area contributed by atoms with E-state index in [1.54, 1.807) is 12.1 Å². The second-order valence-electron chi connectivity index (χ2n) is 11.7. The summed E-state index contributed by atoms with van der Waals surface area (Å²) < 4.78 is 12.0. The van der Waals surface area contributed by atoms with Gasteiger partial charge in [-0.3, -0.25) is 4.79 Å². The zero-order valence-electron chi connectivity index (χ0n) is 23.6. The van der Waals surface area contributed by atoms with Gasteiger partial charge in [0.2, 0.25) is 0 Å². The smallest absolute Gasteiger partial charge is 0.420 e. The van der Waals surface area contributed by atoms with Crippen LogP contribution in [0.2, 0.25) is 0 Å². The lowest BCUT2D eigenvalue weighted by molar-refractivity contribution is -0.142. The molecule has 7 nitrogen and oxygen atoms in total. The number of imidazole rings is 1. The molecule has 208 valence electrons. The molecule has 0 amide bonds. The summed E-state index contributed by atoms with van der Waals surface area (Å²) in [4.78, 5) is 29.6. The maximum absolute atomic E-state index is 13.2. The zero-order chi connectivity index (χ0) is 28.4. The Labute approximate surface area is 235 Å². The number of hydrogen-bond acceptors (Lipinski definition) is 6. The van der Waals surface area contributed by atoms with Crippen molar-refractivity contribution in [3.63, 3.8) is 0 Å². The Morgan fingerprint density at radius 3 is 2.10 bits per heavy atom. The van der Waals surface area contributed by atoms with Gasteiger partial charge < -0.3 is 15.2 Å². The van der Waals surface area contributed by atoms with Crippen LogP contribution in [0.3, 0.4) is 0 Å². The monoisotopic (exact) mass is 539 g/mol. The Balaban J connectivity index is 1.35. The highest BCUT2D eigenvalue weighted by molar-refractivity contribution is 5.93. The van der Waals surface area contributed by atoms with E-state index in [1.807, 2.05) is 39.0 Å². The number of methoxy groups -OCH3 is 1. The van der Waals surface area contributed by atoms with Crippen molar-refractivity contribution in [2.75, 3.05) is 12.8 Å². The Kier molecular flexibility index (Phi) is 7.66. The lowest BCUT2D eigenvalue weighted by atomic mass is 9.77. The molecule has 1 aliphatic carbocycles. The first-order chi connectivity index (χ1) is 19.1. The Morgan fingerprint density at radius 1 is 0.900 bits per heavy atom. The van der Waals surface area contributed by atoms with Gasteiger partial charge >= 0.3 is 12.1 Å². The van der Waals surface area contributed by atoms with Crippen LogP contribution in [0.1, 0.15) is 64.4 Å². The largest absolute Gasteiger partial charge is 0.469 e. The molecule has 4 aromatic rings. The third-order valence-electron chi connectivity index (χ3n) is 7.64. The molecule has 1 saturated carbocycles. The standard InChI is InChI=1S/C33H37N3O4/c1-33(2,3)40-32(38)36-29-20-27(34)17-18-28(29)35-31(36)26-15-13-25(14-16-26)24-11-9-23(10-12-24)22-7-5-21(6-8-22)19-30(37)39-4/h9-18,20-22H,5-8,19,34H2,1-4H3. The van der Waals surface area contributed by atoms with Crippen molar-refractivity contribution in [2.45, 2.75) is 64.4 Å². The highest BCUT2D eigenvalue weighted by Gasteiger charge is 2.25. The zero-order valence-corrected chi connectivity index (χ0v) is 23.6. The quantitative estimate of drug-likeness (QED) is 0.207. The molecule has 1 fully saturated rings. The molecule has 40 heavy (non-hydrogen) atoms. The molecule has 0 radical (unpaired) electrons. The number of ether oxygens (including phenoxy) is 2. The van der Waals surface area contributed by atoms with Gasteiger partial charge in [0.15, 0.2) is 5.82 Å². The minimum absolute atomic E-state index is 0.106. The van der Waals surface area contributed by atoms with Crippen molar-refractivity contribution in [1.82, 2.24) is 9.55 Å². The van der Waals surface area contributed by atoms with Crippen LogP contribution in [0.4, 0.5) is 10.5 Å². The van der Waals surface area contributed by atoms with E-state index >= 15 is 0 Å². The van der Waals surface area contributed by atoms with Crippen molar-refractivity contribution in [3.8, 4) is 22.5 Å². The van der Waals surface area contributed by atoms with Gasteiger partial charge in [0.05, 0.1) is 18.1 Å². The number of esters is 1. The van der Waals surface area contributed by atoms with Gasteiger partial charge in [-0.05, 0) is 93.2 Å². The van der Waals surface area contributed by atoms with E-state index in [9.17, 15) is 9.59 Å². The summed E-state index contributed by atoms with van der Waals surface area (Å²) in [6.45, 7) is 5.52. The van der Waals surface area contributed by atoms with Gasteiger partial charge in [0.25, 0.3) is 0 Å². The summed E-state index contributed by atoms with van der Waals surface area (Å²) in [6, 6.07) is 22.2. The van der Waals surface area contributed by atoms with Crippen molar-refractivity contribution in [1.29, 1.82) is 0 Å². The molecule has 0 aliphatic heterocycles. The number of nitrogens with zero attached hydrogens (tertiary/aromatic N) is 2. The number of nitrogen functional groups attached to an aromatic ring is 1. The summed E-state index contributed by atoms with van der Waals surface area (Å²) >= 11 is 0. The van der Waals surface area contributed by atoms with Crippen LogP contribution < -0.4 is 5.73 Å². The predicted octanol–water partition coefficient (Wildman–Crippen LogP) is 7.57. The summed E-state index contributed by atoms with van der Waals surface area (Å²) in [5.74, 6) is 1.37. The van der Waals surface area contributed by atoms with Crippen molar-refractivity contribution >= 4 is 28.8 Å². The number of anilines is 1. The van der Waals surface area contributed by atoms with Crippen LogP contribution in [-0.4, -0.2) is 34.3 Å². The van der Waals surface area contributed by atoms with Crippen LogP contribution in [0.25, 0.3) is 33.5 Å². The fourth-order valence-electron chi connectivity index (χ4n) is 5.56. The molecule has 0 saturated heterocycles. The summed E-state index contributed by atoms with van der Waals surface area (Å²) in [5.41, 5.74) is 11.6. The molecular formula is C33H37N3O4. The average molecular weight is 540 g/mol. The fraction of sp³-hybridized carbons (Fsp3) is 0.364. The van der Waals surface area contributed by atoms with E-state index in [-0.39, 0.29) is 5.97 Å². The Morgan fingerprint density at radius 2 is 1.50 bits per heavy atom. The minimum atomic E-state index is -0.649. The van der Waals surface area contributed by atoms with Crippen molar-refractivity contribution < 1.29 is 19.1 Å². The predicted molar refractivity (Wildman–Crippen MR) is 158 cm³/mol. The molecule has 1 aromatic heterocycles. The number of benzene rings is 3. The van der Waals surface area contributed by atoms with E-state index in [1.165, 1.54) is 17.2 Å². The molecule has 0 spiro atoms.